The van der Waals surface area contributed by atoms with Gasteiger partial charge in [-0.15, -0.1) is 0 Å². The van der Waals surface area contributed by atoms with Gasteiger partial charge in [0, 0.05) is 56.7 Å². The Morgan fingerprint density at radius 1 is 0.655 bits per heavy atom. The molecular formula is C21H19BrKN2O4. The number of amides is 4. The molecular weight excluding hydrogens is 463 g/mol. The maximum absolute atomic E-state index is 11.6. The summed E-state index contributed by atoms with van der Waals surface area (Å²) in [4.78, 5) is 45.0. The molecule has 8 heteroatoms. The number of rotatable bonds is 5. The largest absolute Gasteiger partial charge is 0.288 e. The van der Waals surface area contributed by atoms with Gasteiger partial charge in [0.05, 0.1) is 22.3 Å². The van der Waals surface area contributed by atoms with Crippen molar-refractivity contribution >= 4 is 90.9 Å². The number of nitrogens with one attached hydrogen (secondary N) is 2. The van der Waals surface area contributed by atoms with Gasteiger partial charge in [0.25, 0.3) is 23.6 Å². The molecule has 4 amide bonds. The van der Waals surface area contributed by atoms with Gasteiger partial charge in [-0.1, -0.05) is 46.6 Å². The van der Waals surface area contributed by atoms with E-state index in [0.29, 0.717) is 22.3 Å². The maximum Gasteiger partial charge on any atom is 0.259 e. The van der Waals surface area contributed by atoms with E-state index in [1.807, 2.05) is 12.1 Å². The van der Waals surface area contributed by atoms with E-state index in [2.05, 4.69) is 26.6 Å². The molecule has 0 spiro atoms. The molecule has 4 rings (SSSR count). The fourth-order valence-corrected chi connectivity index (χ4v) is 3.60. The van der Waals surface area contributed by atoms with Crippen molar-refractivity contribution in [3.05, 3.63) is 70.3 Å². The summed E-state index contributed by atoms with van der Waals surface area (Å²) in [6.07, 6.45) is 4.17. The van der Waals surface area contributed by atoms with Crippen LogP contribution in [0.15, 0.2) is 42.5 Å². The molecule has 2 heterocycles. The van der Waals surface area contributed by atoms with Crippen molar-refractivity contribution in [1.29, 1.82) is 0 Å². The van der Waals surface area contributed by atoms with Crippen LogP contribution in [0.3, 0.4) is 0 Å². The van der Waals surface area contributed by atoms with Crippen LogP contribution in [0.25, 0.3) is 0 Å². The van der Waals surface area contributed by atoms with Crippen molar-refractivity contribution < 1.29 is 19.2 Å². The molecule has 6 nitrogen and oxygen atoms in total. The minimum Gasteiger partial charge on any atom is -0.288 e. The van der Waals surface area contributed by atoms with Gasteiger partial charge in [0.2, 0.25) is 0 Å². The SMILES string of the molecule is O=C1NC(=O)c2c(CCCCCBr)cccc21.O=C1NC(=O)c2ccccc21.[K]. The first-order chi connectivity index (χ1) is 13.5. The Hall–Kier alpha value is -1.16. The Labute approximate surface area is 219 Å². The van der Waals surface area contributed by atoms with Crippen LogP contribution in [-0.2, 0) is 6.42 Å². The molecule has 0 saturated heterocycles. The Bertz CT molecular complexity index is 928. The Morgan fingerprint density at radius 2 is 1.21 bits per heavy atom. The molecule has 2 aromatic rings. The van der Waals surface area contributed by atoms with Gasteiger partial charge in [-0.05, 0) is 43.0 Å². The van der Waals surface area contributed by atoms with E-state index >= 15 is 0 Å². The summed E-state index contributed by atoms with van der Waals surface area (Å²) < 4.78 is 0. The summed E-state index contributed by atoms with van der Waals surface area (Å²) in [6, 6.07) is 12.2. The van der Waals surface area contributed by atoms with E-state index < -0.39 is 0 Å². The molecule has 0 fully saturated rings. The average molecular weight is 482 g/mol. The van der Waals surface area contributed by atoms with Crippen LogP contribution >= 0.6 is 15.9 Å². The van der Waals surface area contributed by atoms with Gasteiger partial charge >= 0.3 is 0 Å². The monoisotopic (exact) mass is 481 g/mol. The third-order valence-corrected chi connectivity index (χ3v) is 5.13. The molecule has 0 unspecified atom stereocenters. The molecule has 0 saturated carbocycles. The Kier molecular flexibility index (Phi) is 9.38. The maximum atomic E-state index is 11.6. The van der Waals surface area contributed by atoms with Gasteiger partial charge in [0.1, 0.15) is 0 Å². The number of fused-ring (bicyclic) bond motifs is 2. The molecule has 29 heavy (non-hydrogen) atoms. The molecule has 2 aromatic carbocycles. The number of benzene rings is 2. The van der Waals surface area contributed by atoms with Gasteiger partial charge in [-0.25, -0.2) is 0 Å². The third-order valence-electron chi connectivity index (χ3n) is 4.57. The summed E-state index contributed by atoms with van der Waals surface area (Å²) in [7, 11) is 0. The number of hydrogen-bond acceptors (Lipinski definition) is 4. The van der Waals surface area contributed by atoms with E-state index in [-0.39, 0.29) is 75.0 Å². The molecule has 2 N–H and O–H groups in total. The summed E-state index contributed by atoms with van der Waals surface area (Å²) in [6.45, 7) is 0. The summed E-state index contributed by atoms with van der Waals surface area (Å²) >= 11 is 3.39. The van der Waals surface area contributed by atoms with Crippen molar-refractivity contribution in [2.75, 3.05) is 5.33 Å². The molecule has 0 bridgehead atoms. The second-order valence-corrected chi connectivity index (χ2v) is 7.24. The van der Waals surface area contributed by atoms with Crippen LogP contribution in [0.4, 0.5) is 0 Å². The minimum absolute atomic E-state index is 0. The van der Waals surface area contributed by atoms with E-state index in [0.717, 1.165) is 36.6 Å². The second-order valence-electron chi connectivity index (χ2n) is 6.45. The topological polar surface area (TPSA) is 92.3 Å². The van der Waals surface area contributed by atoms with Crippen LogP contribution in [0.1, 0.15) is 66.3 Å². The number of aryl methyl sites for hydroxylation is 1. The van der Waals surface area contributed by atoms with Crippen LogP contribution in [0.5, 0.6) is 0 Å². The van der Waals surface area contributed by atoms with Gasteiger partial charge in [-0.3, -0.25) is 29.8 Å². The fraction of sp³-hybridized carbons (Fsp3) is 0.238. The van der Waals surface area contributed by atoms with Crippen molar-refractivity contribution in [1.82, 2.24) is 10.6 Å². The number of carbonyl (C=O) groups excluding carboxylic acids is 4. The van der Waals surface area contributed by atoms with E-state index in [9.17, 15) is 19.2 Å². The molecule has 0 atom stereocenters. The number of unbranched alkanes of at least 4 members (excludes halogenated alkanes) is 2. The van der Waals surface area contributed by atoms with Crippen LogP contribution in [0, 0.1) is 0 Å². The molecule has 1 radical (unpaired) electrons. The van der Waals surface area contributed by atoms with Gasteiger partial charge in [-0.2, -0.15) is 0 Å². The molecule has 0 aliphatic carbocycles. The molecule has 2 aliphatic heterocycles. The first-order valence-electron chi connectivity index (χ1n) is 9.01. The zero-order chi connectivity index (χ0) is 20.1. The second kappa shape index (κ2) is 11.3. The summed E-state index contributed by atoms with van der Waals surface area (Å²) in [5.41, 5.74) is 3.03. The summed E-state index contributed by atoms with van der Waals surface area (Å²) in [5, 5.41) is 5.56. The van der Waals surface area contributed by atoms with Crippen molar-refractivity contribution in [2.45, 2.75) is 25.7 Å². The molecule has 145 valence electrons. The third kappa shape index (κ3) is 5.71. The Balaban J connectivity index is 0.000000217. The number of halogens is 1. The number of hydrogen-bond donors (Lipinski definition) is 2. The zero-order valence-corrected chi connectivity index (χ0v) is 20.8. The van der Waals surface area contributed by atoms with Crippen molar-refractivity contribution in [3.63, 3.8) is 0 Å². The molecule has 2 aliphatic rings. The first kappa shape index (κ1) is 24.1. The average Bonchev–Trinajstić information content (AvgIpc) is 3.16. The van der Waals surface area contributed by atoms with Crippen molar-refractivity contribution in [3.8, 4) is 0 Å². The van der Waals surface area contributed by atoms with Crippen LogP contribution in [0.2, 0.25) is 0 Å². The number of carbonyl (C=O) groups is 4. The fourth-order valence-electron chi connectivity index (χ4n) is 3.20. The quantitative estimate of drug-likeness (QED) is 0.297. The van der Waals surface area contributed by atoms with Gasteiger partial charge in [0.15, 0.2) is 0 Å². The molecule has 0 aromatic heterocycles. The number of imide groups is 2. The van der Waals surface area contributed by atoms with E-state index in [1.165, 1.54) is 0 Å². The zero-order valence-electron chi connectivity index (χ0n) is 16.1. The van der Waals surface area contributed by atoms with Crippen LogP contribution in [-0.4, -0.2) is 80.3 Å². The Morgan fingerprint density at radius 3 is 1.83 bits per heavy atom. The summed E-state index contributed by atoms with van der Waals surface area (Å²) in [5.74, 6) is -1.12. The minimum atomic E-state index is -0.300. The van der Waals surface area contributed by atoms with E-state index in [4.69, 9.17) is 0 Å². The smallest absolute Gasteiger partial charge is 0.259 e. The predicted octanol–water partition coefficient (Wildman–Crippen LogP) is 2.87. The van der Waals surface area contributed by atoms with E-state index in [1.54, 1.807) is 30.3 Å². The standard InChI is InChI=1S/C13H14BrNO2.C8H5NO2.K/c14-8-3-1-2-5-9-6-4-7-10-11(9)13(17)15-12(10)16;10-7-5-3-1-2-4-6(5)8(11)9-7;/h4,6-7H,1-3,5,8H2,(H,15,16,17);1-4H,(H,9,10,11);. The first-order valence-corrected chi connectivity index (χ1v) is 10.1. The predicted molar refractivity (Wildman–Crippen MR) is 114 cm³/mol. The number of alkyl halides is 1. The van der Waals surface area contributed by atoms with Crippen LogP contribution < -0.4 is 10.6 Å². The van der Waals surface area contributed by atoms with Crippen molar-refractivity contribution in [2.24, 2.45) is 0 Å². The van der Waals surface area contributed by atoms with Gasteiger partial charge < -0.3 is 0 Å². The normalized spacial score (nSPS) is 13.6.